The van der Waals surface area contributed by atoms with Crippen LogP contribution in [0.4, 0.5) is 0 Å². The molecule has 1 unspecified atom stereocenters. The number of nitrogens with one attached hydrogen (secondary N) is 1. The summed E-state index contributed by atoms with van der Waals surface area (Å²) in [5, 5.41) is 0. The van der Waals surface area contributed by atoms with E-state index in [1.807, 2.05) is 29.2 Å². The second kappa shape index (κ2) is 8.99. The molecular formula is C24H32N4O3. The number of imidazole rings is 1. The number of piperidine rings is 1. The Balaban J connectivity index is 1.22. The van der Waals surface area contributed by atoms with Crippen LogP contribution in [0.2, 0.25) is 0 Å². The van der Waals surface area contributed by atoms with Gasteiger partial charge < -0.3 is 19.5 Å². The molecule has 7 heteroatoms. The largest absolute Gasteiger partial charge is 0.381 e. The minimum Gasteiger partial charge on any atom is -0.381 e. The minimum absolute atomic E-state index is 0.139. The number of aromatic nitrogens is 2. The molecule has 3 heterocycles. The summed E-state index contributed by atoms with van der Waals surface area (Å²) in [6.07, 6.45) is 6.86. The van der Waals surface area contributed by atoms with Crippen LogP contribution in [0, 0.1) is 5.92 Å². The maximum Gasteiger partial charge on any atom is 0.226 e. The quantitative estimate of drug-likeness (QED) is 0.773. The van der Waals surface area contributed by atoms with Gasteiger partial charge in [0, 0.05) is 57.1 Å². The summed E-state index contributed by atoms with van der Waals surface area (Å²) in [6, 6.07) is 8.34. The number of carbonyl (C=O) groups is 2. The average Bonchev–Trinajstić information content (AvgIpc) is 3.58. The third kappa shape index (κ3) is 4.61. The van der Waals surface area contributed by atoms with E-state index in [2.05, 4.69) is 14.9 Å². The Bertz CT molecular complexity index is 899. The Labute approximate surface area is 183 Å². The van der Waals surface area contributed by atoms with Gasteiger partial charge in [0.05, 0.1) is 11.0 Å². The lowest BCUT2D eigenvalue weighted by Gasteiger charge is -2.44. The molecule has 0 spiro atoms. The Hall–Kier alpha value is -2.41. The molecule has 2 aliphatic heterocycles. The van der Waals surface area contributed by atoms with Crippen LogP contribution in [0.1, 0.15) is 50.8 Å². The number of aromatic amines is 1. The number of nitrogens with zero attached hydrogens (tertiary/aromatic N) is 3. The molecule has 1 atom stereocenters. The molecule has 1 aromatic heterocycles. The topological polar surface area (TPSA) is 78.5 Å². The Morgan fingerprint density at radius 2 is 1.90 bits per heavy atom. The van der Waals surface area contributed by atoms with Crippen LogP contribution in [0.25, 0.3) is 11.0 Å². The smallest absolute Gasteiger partial charge is 0.226 e. The first-order valence-electron chi connectivity index (χ1n) is 11.8. The SMILES string of the molecule is O=C(CCc1nc2ccccc2[nH]1)N1CCCC(N(C(=O)C2CC2)C2CCOCC2)C1. The number of likely N-dealkylation sites (tertiary alicyclic amines) is 1. The lowest BCUT2D eigenvalue weighted by Crippen LogP contribution is -2.56. The van der Waals surface area contributed by atoms with E-state index in [0.29, 0.717) is 25.3 Å². The van der Waals surface area contributed by atoms with E-state index in [-0.39, 0.29) is 23.9 Å². The summed E-state index contributed by atoms with van der Waals surface area (Å²) in [7, 11) is 0. The van der Waals surface area contributed by atoms with Crippen molar-refractivity contribution in [2.45, 2.75) is 63.5 Å². The van der Waals surface area contributed by atoms with Crippen molar-refractivity contribution < 1.29 is 14.3 Å². The molecule has 2 amide bonds. The molecular weight excluding hydrogens is 392 g/mol. The van der Waals surface area contributed by atoms with Crippen LogP contribution in [-0.2, 0) is 20.7 Å². The Morgan fingerprint density at radius 3 is 2.68 bits per heavy atom. The van der Waals surface area contributed by atoms with Gasteiger partial charge in [-0.15, -0.1) is 0 Å². The molecule has 3 fully saturated rings. The predicted octanol–water partition coefficient (Wildman–Crippen LogP) is 2.90. The first kappa shape index (κ1) is 20.5. The van der Waals surface area contributed by atoms with E-state index in [1.165, 1.54) is 0 Å². The zero-order valence-electron chi connectivity index (χ0n) is 18.1. The fourth-order valence-corrected chi connectivity index (χ4v) is 5.08. The van der Waals surface area contributed by atoms with E-state index in [0.717, 1.165) is 75.1 Å². The van der Waals surface area contributed by atoms with Crippen molar-refractivity contribution in [3.63, 3.8) is 0 Å². The van der Waals surface area contributed by atoms with Crippen LogP contribution in [0.5, 0.6) is 0 Å². The third-order valence-electron chi connectivity index (χ3n) is 6.92. The second-order valence-electron chi connectivity index (χ2n) is 9.20. The Kier molecular flexibility index (Phi) is 5.94. The summed E-state index contributed by atoms with van der Waals surface area (Å²) in [5.41, 5.74) is 1.95. The highest BCUT2D eigenvalue weighted by Crippen LogP contribution is 2.35. The maximum absolute atomic E-state index is 13.1. The van der Waals surface area contributed by atoms with Crippen molar-refractivity contribution in [2.24, 2.45) is 5.92 Å². The molecule has 0 radical (unpaired) electrons. The second-order valence-corrected chi connectivity index (χ2v) is 9.20. The molecule has 166 valence electrons. The van der Waals surface area contributed by atoms with Gasteiger partial charge in [-0.2, -0.15) is 0 Å². The summed E-state index contributed by atoms with van der Waals surface area (Å²) >= 11 is 0. The van der Waals surface area contributed by atoms with Gasteiger partial charge in [-0.1, -0.05) is 12.1 Å². The number of aryl methyl sites for hydroxylation is 1. The molecule has 2 saturated heterocycles. The van der Waals surface area contributed by atoms with Crippen molar-refractivity contribution in [1.29, 1.82) is 0 Å². The number of para-hydroxylation sites is 2. The highest BCUT2D eigenvalue weighted by Gasteiger charge is 2.41. The number of hydrogen-bond acceptors (Lipinski definition) is 4. The molecule has 1 aromatic carbocycles. The van der Waals surface area contributed by atoms with Crippen molar-refractivity contribution in [3.8, 4) is 0 Å². The number of H-pyrrole nitrogens is 1. The molecule has 5 rings (SSSR count). The van der Waals surface area contributed by atoms with Crippen molar-refractivity contribution in [1.82, 2.24) is 19.8 Å². The van der Waals surface area contributed by atoms with Gasteiger partial charge in [-0.25, -0.2) is 4.98 Å². The van der Waals surface area contributed by atoms with Crippen LogP contribution in [0.3, 0.4) is 0 Å². The zero-order valence-corrected chi connectivity index (χ0v) is 18.1. The molecule has 0 bridgehead atoms. The highest BCUT2D eigenvalue weighted by molar-refractivity contribution is 5.82. The standard InChI is InChI=1S/C24H32N4O3/c29-23(10-9-22-25-20-5-1-2-6-21(20)26-22)27-13-3-4-19(16-27)28(24(30)17-7-8-17)18-11-14-31-15-12-18/h1-2,5-6,17-19H,3-4,7-16H2,(H,25,26). The van der Waals surface area contributed by atoms with Crippen molar-refractivity contribution >= 4 is 22.8 Å². The van der Waals surface area contributed by atoms with Gasteiger partial charge in [0.2, 0.25) is 11.8 Å². The molecule has 7 nitrogen and oxygen atoms in total. The van der Waals surface area contributed by atoms with E-state index < -0.39 is 0 Å². The minimum atomic E-state index is 0.139. The number of ether oxygens (including phenoxy) is 1. The average molecular weight is 425 g/mol. The van der Waals surface area contributed by atoms with Gasteiger partial charge in [0.1, 0.15) is 5.82 Å². The van der Waals surface area contributed by atoms with E-state index >= 15 is 0 Å². The van der Waals surface area contributed by atoms with Gasteiger partial charge in [0.25, 0.3) is 0 Å². The fourth-order valence-electron chi connectivity index (χ4n) is 5.08. The number of carbonyl (C=O) groups excluding carboxylic acids is 2. The van der Waals surface area contributed by atoms with Crippen LogP contribution < -0.4 is 0 Å². The third-order valence-corrected chi connectivity index (χ3v) is 6.92. The number of rotatable bonds is 6. The molecule has 1 saturated carbocycles. The van der Waals surface area contributed by atoms with E-state index in [1.54, 1.807) is 0 Å². The lowest BCUT2D eigenvalue weighted by molar-refractivity contribution is -0.145. The monoisotopic (exact) mass is 424 g/mol. The van der Waals surface area contributed by atoms with Gasteiger partial charge >= 0.3 is 0 Å². The van der Waals surface area contributed by atoms with E-state index in [4.69, 9.17) is 4.74 Å². The molecule has 1 aliphatic carbocycles. The molecule has 3 aliphatic rings. The number of hydrogen-bond donors (Lipinski definition) is 1. The van der Waals surface area contributed by atoms with Gasteiger partial charge in [-0.3, -0.25) is 9.59 Å². The number of fused-ring (bicyclic) bond motifs is 1. The van der Waals surface area contributed by atoms with Crippen LogP contribution in [-0.4, -0.2) is 70.0 Å². The Morgan fingerprint density at radius 1 is 1.10 bits per heavy atom. The maximum atomic E-state index is 13.1. The van der Waals surface area contributed by atoms with Crippen LogP contribution >= 0.6 is 0 Å². The molecule has 1 N–H and O–H groups in total. The molecule has 2 aromatic rings. The van der Waals surface area contributed by atoms with Crippen LogP contribution in [0.15, 0.2) is 24.3 Å². The normalized spacial score (nSPS) is 22.6. The first-order valence-corrected chi connectivity index (χ1v) is 11.8. The zero-order chi connectivity index (χ0) is 21.2. The number of amides is 2. The number of benzene rings is 1. The summed E-state index contributed by atoms with van der Waals surface area (Å²) in [5.74, 6) is 1.54. The molecule has 31 heavy (non-hydrogen) atoms. The summed E-state index contributed by atoms with van der Waals surface area (Å²) < 4.78 is 5.54. The van der Waals surface area contributed by atoms with Crippen molar-refractivity contribution in [3.05, 3.63) is 30.1 Å². The van der Waals surface area contributed by atoms with Gasteiger partial charge in [0.15, 0.2) is 0 Å². The highest BCUT2D eigenvalue weighted by atomic mass is 16.5. The summed E-state index contributed by atoms with van der Waals surface area (Å²) in [6.45, 7) is 2.90. The fraction of sp³-hybridized carbons (Fsp3) is 0.625. The van der Waals surface area contributed by atoms with Crippen molar-refractivity contribution in [2.75, 3.05) is 26.3 Å². The predicted molar refractivity (Wildman–Crippen MR) is 117 cm³/mol. The summed E-state index contributed by atoms with van der Waals surface area (Å²) in [4.78, 5) is 38.2. The van der Waals surface area contributed by atoms with E-state index in [9.17, 15) is 9.59 Å². The van der Waals surface area contributed by atoms with Gasteiger partial charge in [-0.05, 0) is 50.7 Å². The lowest BCUT2D eigenvalue weighted by atomic mass is 9.97. The first-order chi connectivity index (χ1) is 15.2.